The van der Waals surface area contributed by atoms with E-state index in [0.717, 1.165) is 39.3 Å². The Morgan fingerprint density at radius 1 is 0.478 bits per heavy atom. The number of nitrogens with zero attached hydrogens (tertiary/aromatic N) is 2. The highest BCUT2D eigenvalue weighted by Gasteiger charge is 2.14. The van der Waals surface area contributed by atoms with E-state index in [4.69, 9.17) is 9.47 Å². The van der Waals surface area contributed by atoms with Crippen LogP contribution in [0.3, 0.4) is 0 Å². The van der Waals surface area contributed by atoms with Crippen LogP contribution in [0.15, 0.2) is 24.3 Å². The summed E-state index contributed by atoms with van der Waals surface area (Å²) < 4.78 is 11.1. The average Bonchev–Trinajstić information content (AvgIpc) is 3.08. The standard InChI is InChI=1S/C40H72N2O4/c1-5-9-11-13-15-17-19-21-23-25-30-41(7-3)32-34-45-39(43)37-28-27-29-38(36-37)40(44)46-35-33-42(8-4)31-26-24-22-20-18-16-14-12-10-6-2/h27-29,36H,5-26,30-35H2,1-4H3. The van der Waals surface area contributed by atoms with Crippen LogP contribution in [0, 0.1) is 0 Å². The molecule has 0 unspecified atom stereocenters. The third-order valence-electron chi connectivity index (χ3n) is 9.17. The summed E-state index contributed by atoms with van der Waals surface area (Å²) in [5, 5.41) is 0. The molecule has 0 fully saturated rings. The summed E-state index contributed by atoms with van der Waals surface area (Å²) >= 11 is 0. The van der Waals surface area contributed by atoms with Gasteiger partial charge < -0.3 is 19.3 Å². The number of benzene rings is 1. The van der Waals surface area contributed by atoms with Crippen molar-refractivity contribution in [2.45, 2.75) is 156 Å². The fraction of sp³-hybridized carbons (Fsp3) is 0.800. The molecule has 0 atom stereocenters. The second-order valence-electron chi connectivity index (χ2n) is 13.1. The van der Waals surface area contributed by atoms with Crippen molar-refractivity contribution in [1.29, 1.82) is 0 Å². The Morgan fingerprint density at radius 3 is 1.13 bits per heavy atom. The molecule has 6 nitrogen and oxygen atoms in total. The van der Waals surface area contributed by atoms with E-state index in [1.54, 1.807) is 24.3 Å². The van der Waals surface area contributed by atoms with Gasteiger partial charge >= 0.3 is 11.9 Å². The number of hydrogen-bond donors (Lipinski definition) is 0. The Kier molecular flexibility index (Phi) is 27.8. The van der Waals surface area contributed by atoms with E-state index >= 15 is 0 Å². The van der Waals surface area contributed by atoms with Gasteiger partial charge in [0.25, 0.3) is 0 Å². The van der Waals surface area contributed by atoms with Crippen molar-refractivity contribution >= 4 is 11.9 Å². The molecule has 0 aliphatic rings. The molecule has 0 radical (unpaired) electrons. The van der Waals surface area contributed by atoms with Gasteiger partial charge in [-0.15, -0.1) is 0 Å². The van der Waals surface area contributed by atoms with E-state index in [1.165, 1.54) is 128 Å². The molecule has 0 saturated carbocycles. The monoisotopic (exact) mass is 645 g/mol. The average molecular weight is 645 g/mol. The maximum Gasteiger partial charge on any atom is 0.338 e. The smallest absolute Gasteiger partial charge is 0.338 e. The number of carbonyl (C=O) groups is 2. The highest BCUT2D eigenvalue weighted by atomic mass is 16.5. The maximum absolute atomic E-state index is 12.7. The Labute approximate surface area is 284 Å². The van der Waals surface area contributed by atoms with E-state index in [2.05, 4.69) is 37.5 Å². The summed E-state index contributed by atoms with van der Waals surface area (Å²) in [5.41, 5.74) is 0.784. The van der Waals surface area contributed by atoms with Crippen molar-refractivity contribution in [2.75, 3.05) is 52.5 Å². The quantitative estimate of drug-likeness (QED) is 0.0574. The molecule has 0 heterocycles. The zero-order valence-electron chi connectivity index (χ0n) is 30.6. The first-order valence-corrected chi connectivity index (χ1v) is 19.4. The van der Waals surface area contributed by atoms with Crippen LogP contribution >= 0.6 is 0 Å². The van der Waals surface area contributed by atoms with Crippen LogP contribution in [0.4, 0.5) is 0 Å². The highest BCUT2D eigenvalue weighted by Crippen LogP contribution is 2.13. The van der Waals surface area contributed by atoms with Gasteiger partial charge in [0.2, 0.25) is 0 Å². The van der Waals surface area contributed by atoms with E-state index in [-0.39, 0.29) is 0 Å². The number of carbonyl (C=O) groups excluding carboxylic acids is 2. The molecule has 0 saturated heterocycles. The fourth-order valence-electron chi connectivity index (χ4n) is 5.98. The minimum absolute atomic E-state index is 0.352. The van der Waals surface area contributed by atoms with Crippen molar-refractivity contribution in [1.82, 2.24) is 9.80 Å². The molecule has 46 heavy (non-hydrogen) atoms. The number of likely N-dealkylation sites (N-methyl/N-ethyl adjacent to an activating group) is 2. The minimum Gasteiger partial charge on any atom is -0.461 e. The molecule has 0 aliphatic carbocycles. The first kappa shape index (κ1) is 42.1. The second-order valence-corrected chi connectivity index (χ2v) is 13.1. The van der Waals surface area contributed by atoms with E-state index in [1.807, 2.05) is 0 Å². The molecule has 1 aromatic carbocycles. The van der Waals surface area contributed by atoms with Crippen molar-refractivity contribution in [3.05, 3.63) is 35.4 Å². The molecule has 6 heteroatoms. The number of rotatable bonds is 32. The first-order chi connectivity index (χ1) is 22.5. The number of unbranched alkanes of at least 4 members (excludes halogenated alkanes) is 18. The molecule has 0 N–H and O–H groups in total. The van der Waals surface area contributed by atoms with Crippen LogP contribution in [-0.2, 0) is 9.47 Å². The van der Waals surface area contributed by atoms with Crippen molar-refractivity contribution in [3.8, 4) is 0 Å². The van der Waals surface area contributed by atoms with Gasteiger partial charge in [0.15, 0.2) is 0 Å². The summed E-state index contributed by atoms with van der Waals surface area (Å²) in [7, 11) is 0. The Hall–Kier alpha value is -1.92. The predicted octanol–water partition coefficient (Wildman–Crippen LogP) is 10.5. The van der Waals surface area contributed by atoms with Crippen LogP contribution in [0.25, 0.3) is 0 Å². The molecular weight excluding hydrogens is 572 g/mol. The molecule has 1 aromatic rings. The van der Waals surface area contributed by atoms with Gasteiger partial charge in [-0.25, -0.2) is 9.59 Å². The number of esters is 2. The number of hydrogen-bond acceptors (Lipinski definition) is 6. The normalized spacial score (nSPS) is 11.4. The largest absolute Gasteiger partial charge is 0.461 e. The maximum atomic E-state index is 12.7. The SMILES string of the molecule is CCCCCCCCCCCCN(CC)CCOC(=O)c1cccc(C(=O)OCCN(CC)CCCCCCCCCCCC)c1. The van der Waals surface area contributed by atoms with Gasteiger partial charge in [-0.1, -0.05) is 149 Å². The second kappa shape index (κ2) is 30.4. The van der Waals surface area contributed by atoms with Crippen LogP contribution in [-0.4, -0.2) is 74.2 Å². The van der Waals surface area contributed by atoms with Gasteiger partial charge in [0.1, 0.15) is 13.2 Å². The molecule has 0 bridgehead atoms. The summed E-state index contributed by atoms with van der Waals surface area (Å²) in [6.45, 7) is 15.0. The van der Waals surface area contributed by atoms with Crippen molar-refractivity contribution < 1.29 is 19.1 Å². The molecule has 0 aromatic heterocycles. The van der Waals surface area contributed by atoms with Gasteiger partial charge in [-0.3, -0.25) is 0 Å². The van der Waals surface area contributed by atoms with Crippen molar-refractivity contribution in [3.63, 3.8) is 0 Å². The molecule has 0 aliphatic heterocycles. The third kappa shape index (κ3) is 22.6. The number of ether oxygens (including phenoxy) is 2. The fourth-order valence-corrected chi connectivity index (χ4v) is 5.98. The lowest BCUT2D eigenvalue weighted by Crippen LogP contribution is -2.29. The van der Waals surface area contributed by atoms with Crippen LogP contribution in [0.1, 0.15) is 177 Å². The molecular formula is C40H72N2O4. The third-order valence-corrected chi connectivity index (χ3v) is 9.17. The predicted molar refractivity (Wildman–Crippen MR) is 195 cm³/mol. The zero-order chi connectivity index (χ0) is 33.5. The molecule has 0 spiro atoms. The Bertz CT molecular complexity index is 796. The molecule has 0 amide bonds. The lowest BCUT2D eigenvalue weighted by Gasteiger charge is -2.20. The van der Waals surface area contributed by atoms with Gasteiger partial charge in [-0.2, -0.15) is 0 Å². The lowest BCUT2D eigenvalue weighted by atomic mass is 10.1. The summed E-state index contributed by atoms with van der Waals surface area (Å²) in [4.78, 5) is 30.1. The zero-order valence-corrected chi connectivity index (χ0v) is 30.6. The van der Waals surface area contributed by atoms with Gasteiger partial charge in [0, 0.05) is 13.1 Å². The van der Waals surface area contributed by atoms with E-state index in [0.29, 0.717) is 24.3 Å². The van der Waals surface area contributed by atoms with Crippen LogP contribution in [0.2, 0.25) is 0 Å². The van der Waals surface area contributed by atoms with Gasteiger partial charge in [-0.05, 0) is 57.2 Å². The Balaban J connectivity index is 2.22. The topological polar surface area (TPSA) is 59.1 Å². The van der Waals surface area contributed by atoms with Crippen LogP contribution in [0.5, 0.6) is 0 Å². The molecule has 266 valence electrons. The highest BCUT2D eigenvalue weighted by molar-refractivity contribution is 5.95. The first-order valence-electron chi connectivity index (χ1n) is 19.4. The Morgan fingerprint density at radius 2 is 0.804 bits per heavy atom. The van der Waals surface area contributed by atoms with Gasteiger partial charge in [0.05, 0.1) is 11.1 Å². The van der Waals surface area contributed by atoms with Crippen LogP contribution < -0.4 is 0 Å². The van der Waals surface area contributed by atoms with E-state index < -0.39 is 11.9 Å². The van der Waals surface area contributed by atoms with Crippen molar-refractivity contribution in [2.24, 2.45) is 0 Å². The summed E-state index contributed by atoms with van der Waals surface area (Å²) in [6.07, 6.45) is 26.7. The summed E-state index contributed by atoms with van der Waals surface area (Å²) in [6, 6.07) is 6.71. The van der Waals surface area contributed by atoms with E-state index in [9.17, 15) is 9.59 Å². The summed E-state index contributed by atoms with van der Waals surface area (Å²) in [5.74, 6) is -0.781. The molecule has 1 rings (SSSR count). The lowest BCUT2D eigenvalue weighted by molar-refractivity contribution is 0.0461. The minimum atomic E-state index is -0.390.